The van der Waals surface area contributed by atoms with Gasteiger partial charge in [-0.1, -0.05) is 13.8 Å². The summed E-state index contributed by atoms with van der Waals surface area (Å²) in [6.07, 6.45) is 0.805. The molecule has 2 atom stereocenters. The fraction of sp³-hybridized carbons (Fsp3) is 0.360. The molecule has 1 fully saturated rings. The standard InChI is InChI=1S/C25H25F2N3O4/c1-25(2,12-33-3)23-19(14-9-18(24(31)32)34-11-14)20-17(8-13-10-28-29-22(13)21(20)27)30(23)16-6-4-15(26)5-7-16/h4-8,10,14,18H,9,11-12H2,1-3H3,(H,28,29)(H,31,32)/t14?,18-/m0/s1. The van der Waals surface area contributed by atoms with Crippen molar-refractivity contribution in [2.24, 2.45) is 0 Å². The van der Waals surface area contributed by atoms with Crippen LogP contribution in [-0.4, -0.2) is 52.3 Å². The first-order valence-electron chi connectivity index (χ1n) is 11.0. The van der Waals surface area contributed by atoms with E-state index in [1.54, 1.807) is 25.4 Å². The second kappa shape index (κ2) is 8.18. The quantitative estimate of drug-likeness (QED) is 0.429. The van der Waals surface area contributed by atoms with Crippen LogP contribution in [0.25, 0.3) is 27.5 Å². The molecular formula is C25H25F2N3O4. The van der Waals surface area contributed by atoms with Crippen LogP contribution < -0.4 is 0 Å². The SMILES string of the molecule is COCC(C)(C)c1c(C2CO[C@H](C(=O)O)C2)c2c(F)c3[nH]ncc3cc2n1-c1ccc(F)cc1. The Balaban J connectivity index is 1.91. The van der Waals surface area contributed by atoms with Crippen molar-refractivity contribution in [3.63, 3.8) is 0 Å². The topological polar surface area (TPSA) is 89.4 Å². The summed E-state index contributed by atoms with van der Waals surface area (Å²) in [5.41, 5.74) is 2.37. The van der Waals surface area contributed by atoms with Gasteiger partial charge in [0.25, 0.3) is 0 Å². The highest BCUT2D eigenvalue weighted by Crippen LogP contribution is 2.46. The minimum atomic E-state index is -1.04. The molecule has 0 saturated carbocycles. The van der Waals surface area contributed by atoms with Gasteiger partial charge in [0, 0.05) is 40.6 Å². The Hall–Kier alpha value is -3.30. The molecule has 0 bridgehead atoms. The number of fused-ring (bicyclic) bond motifs is 2. The zero-order chi connectivity index (χ0) is 24.2. The average Bonchev–Trinajstić information content (AvgIpc) is 3.51. The number of hydrogen-bond acceptors (Lipinski definition) is 4. The van der Waals surface area contributed by atoms with Crippen molar-refractivity contribution in [2.75, 3.05) is 20.3 Å². The number of aliphatic carboxylic acids is 1. The van der Waals surface area contributed by atoms with Gasteiger partial charge in [-0.15, -0.1) is 0 Å². The monoisotopic (exact) mass is 469 g/mol. The molecule has 1 unspecified atom stereocenters. The summed E-state index contributed by atoms with van der Waals surface area (Å²) in [5, 5.41) is 17.2. The number of carboxylic acid groups (broad SMARTS) is 1. The number of nitrogens with one attached hydrogen (secondary N) is 1. The fourth-order valence-corrected chi connectivity index (χ4v) is 5.18. The van der Waals surface area contributed by atoms with Crippen LogP contribution in [-0.2, 0) is 19.7 Å². The number of H-pyrrole nitrogens is 1. The molecule has 9 heteroatoms. The molecule has 0 radical (unpaired) electrons. The highest BCUT2D eigenvalue weighted by molar-refractivity contribution is 6.00. The number of carboxylic acids is 1. The zero-order valence-corrected chi connectivity index (χ0v) is 19.1. The normalized spacial score (nSPS) is 18.9. The van der Waals surface area contributed by atoms with Crippen LogP contribution in [0.3, 0.4) is 0 Å². The molecule has 1 aliphatic rings. The zero-order valence-electron chi connectivity index (χ0n) is 19.1. The fourth-order valence-electron chi connectivity index (χ4n) is 5.18. The smallest absolute Gasteiger partial charge is 0.332 e. The second-order valence-electron chi connectivity index (χ2n) is 9.40. The molecule has 2 N–H and O–H groups in total. The predicted octanol–water partition coefficient (Wildman–Crippen LogP) is 4.67. The summed E-state index contributed by atoms with van der Waals surface area (Å²) in [6.45, 7) is 4.46. The molecule has 2 aromatic carbocycles. The number of benzene rings is 2. The minimum Gasteiger partial charge on any atom is -0.479 e. The maximum atomic E-state index is 16.1. The lowest BCUT2D eigenvalue weighted by atomic mass is 9.82. The highest BCUT2D eigenvalue weighted by Gasteiger charge is 2.40. The van der Waals surface area contributed by atoms with Gasteiger partial charge < -0.3 is 19.1 Å². The Morgan fingerprint density at radius 1 is 1.32 bits per heavy atom. The number of carbonyl (C=O) groups is 1. The summed E-state index contributed by atoms with van der Waals surface area (Å²) in [6, 6.07) is 7.86. The van der Waals surface area contributed by atoms with Crippen molar-refractivity contribution in [3.8, 4) is 5.69 Å². The summed E-state index contributed by atoms with van der Waals surface area (Å²) in [7, 11) is 1.60. The summed E-state index contributed by atoms with van der Waals surface area (Å²) < 4.78 is 42.9. The van der Waals surface area contributed by atoms with Crippen LogP contribution in [0.15, 0.2) is 36.5 Å². The van der Waals surface area contributed by atoms with Gasteiger partial charge in [-0.2, -0.15) is 5.10 Å². The molecule has 0 aliphatic carbocycles. The molecule has 1 aliphatic heterocycles. The van der Waals surface area contributed by atoms with Gasteiger partial charge in [0.2, 0.25) is 0 Å². The van der Waals surface area contributed by atoms with Crippen molar-refractivity contribution in [3.05, 3.63) is 59.4 Å². The van der Waals surface area contributed by atoms with E-state index in [1.165, 1.54) is 12.1 Å². The Morgan fingerprint density at radius 2 is 2.06 bits per heavy atom. The highest BCUT2D eigenvalue weighted by atomic mass is 19.1. The van der Waals surface area contributed by atoms with E-state index in [-0.39, 0.29) is 30.3 Å². The lowest BCUT2D eigenvalue weighted by Gasteiger charge is -2.29. The molecule has 3 heterocycles. The first-order chi connectivity index (χ1) is 16.2. The third-order valence-corrected chi connectivity index (χ3v) is 6.56. The van der Waals surface area contributed by atoms with Crippen molar-refractivity contribution in [1.82, 2.24) is 14.8 Å². The number of nitrogens with zero attached hydrogens (tertiary/aromatic N) is 2. The van der Waals surface area contributed by atoms with E-state index < -0.39 is 23.3 Å². The molecule has 7 nitrogen and oxygen atoms in total. The van der Waals surface area contributed by atoms with Crippen LogP contribution in [0.5, 0.6) is 0 Å². The first kappa shape index (κ1) is 22.5. The molecule has 4 aromatic rings. The Bertz CT molecular complexity index is 1390. The van der Waals surface area contributed by atoms with E-state index >= 15 is 4.39 Å². The minimum absolute atomic E-state index is 0.149. The molecule has 5 rings (SSSR count). The van der Waals surface area contributed by atoms with E-state index in [4.69, 9.17) is 9.47 Å². The lowest BCUT2D eigenvalue weighted by Crippen LogP contribution is -2.29. The number of aromatic amines is 1. The Kier molecular flexibility index (Phi) is 5.41. The molecule has 2 aromatic heterocycles. The number of methoxy groups -OCH3 is 1. The molecular weight excluding hydrogens is 444 g/mol. The van der Waals surface area contributed by atoms with Crippen LogP contribution >= 0.6 is 0 Å². The van der Waals surface area contributed by atoms with E-state index in [0.29, 0.717) is 34.1 Å². The van der Waals surface area contributed by atoms with Gasteiger partial charge in [-0.25, -0.2) is 13.6 Å². The predicted molar refractivity (Wildman–Crippen MR) is 122 cm³/mol. The van der Waals surface area contributed by atoms with Crippen LogP contribution in [0.1, 0.15) is 37.4 Å². The van der Waals surface area contributed by atoms with Crippen molar-refractivity contribution in [2.45, 2.75) is 37.7 Å². The number of halogens is 2. The van der Waals surface area contributed by atoms with Gasteiger partial charge in [-0.05, 0) is 42.3 Å². The molecule has 34 heavy (non-hydrogen) atoms. The summed E-state index contributed by atoms with van der Waals surface area (Å²) in [5.74, 6) is -2.24. The Labute approximate surface area is 194 Å². The number of ether oxygens (including phenoxy) is 2. The molecule has 0 spiro atoms. The molecule has 1 saturated heterocycles. The van der Waals surface area contributed by atoms with E-state index in [1.807, 2.05) is 24.5 Å². The lowest BCUT2D eigenvalue weighted by molar-refractivity contribution is -0.147. The number of hydrogen-bond donors (Lipinski definition) is 2. The maximum Gasteiger partial charge on any atom is 0.332 e. The molecule has 0 amide bonds. The van der Waals surface area contributed by atoms with E-state index in [9.17, 15) is 14.3 Å². The van der Waals surface area contributed by atoms with Crippen molar-refractivity contribution < 1.29 is 28.2 Å². The van der Waals surface area contributed by atoms with Gasteiger partial charge in [0.05, 0.1) is 24.9 Å². The van der Waals surface area contributed by atoms with E-state index in [0.717, 1.165) is 5.69 Å². The third kappa shape index (κ3) is 3.47. The summed E-state index contributed by atoms with van der Waals surface area (Å²) >= 11 is 0. The van der Waals surface area contributed by atoms with Crippen LogP contribution in [0.4, 0.5) is 8.78 Å². The maximum absolute atomic E-state index is 16.1. The molecule has 178 valence electrons. The van der Waals surface area contributed by atoms with Gasteiger partial charge in [-0.3, -0.25) is 5.10 Å². The van der Waals surface area contributed by atoms with Crippen LogP contribution in [0, 0.1) is 11.6 Å². The van der Waals surface area contributed by atoms with Crippen molar-refractivity contribution in [1.29, 1.82) is 0 Å². The largest absolute Gasteiger partial charge is 0.479 e. The van der Waals surface area contributed by atoms with Gasteiger partial charge in [0.1, 0.15) is 11.3 Å². The average molecular weight is 469 g/mol. The summed E-state index contributed by atoms with van der Waals surface area (Å²) in [4.78, 5) is 11.6. The number of rotatable bonds is 6. The van der Waals surface area contributed by atoms with Crippen molar-refractivity contribution >= 4 is 27.8 Å². The Morgan fingerprint density at radius 3 is 2.71 bits per heavy atom. The van der Waals surface area contributed by atoms with Gasteiger partial charge in [0.15, 0.2) is 11.9 Å². The first-order valence-corrected chi connectivity index (χ1v) is 11.0. The van der Waals surface area contributed by atoms with Crippen LogP contribution in [0.2, 0.25) is 0 Å². The number of aromatic nitrogens is 3. The van der Waals surface area contributed by atoms with Gasteiger partial charge >= 0.3 is 5.97 Å². The third-order valence-electron chi connectivity index (χ3n) is 6.56. The van der Waals surface area contributed by atoms with E-state index in [2.05, 4.69) is 10.2 Å². The second-order valence-corrected chi connectivity index (χ2v) is 9.40.